The molecule has 0 aromatic heterocycles. The SMILES string of the molecule is CCN1/C(=C\C=N)C(C)(Cc2cccc(OC(F)(F)F)c2)c2cc(OC)ccc21. The maximum atomic E-state index is 12.6. The number of nitrogens with one attached hydrogen (secondary N) is 1. The van der Waals surface area contributed by atoms with E-state index in [4.69, 9.17) is 10.1 Å². The number of methoxy groups -OCH3 is 1. The number of hydrogen-bond donors (Lipinski definition) is 1. The summed E-state index contributed by atoms with van der Waals surface area (Å²) in [6, 6.07) is 11.9. The van der Waals surface area contributed by atoms with E-state index in [0.29, 0.717) is 24.3 Å². The number of halogens is 3. The molecule has 4 nitrogen and oxygen atoms in total. The number of nitrogens with zero attached hydrogens (tertiary/aromatic N) is 1. The van der Waals surface area contributed by atoms with Gasteiger partial charge in [0.25, 0.3) is 0 Å². The molecule has 0 aliphatic carbocycles. The van der Waals surface area contributed by atoms with Crippen molar-refractivity contribution >= 4 is 11.9 Å². The summed E-state index contributed by atoms with van der Waals surface area (Å²) in [4.78, 5) is 2.12. The number of likely N-dealkylation sites (N-methyl/N-ethyl adjacent to an activating group) is 1. The van der Waals surface area contributed by atoms with Crippen LogP contribution < -0.4 is 14.4 Å². The molecule has 2 aromatic rings. The van der Waals surface area contributed by atoms with Gasteiger partial charge < -0.3 is 19.8 Å². The average molecular weight is 404 g/mol. The first kappa shape index (κ1) is 20.8. The fourth-order valence-corrected chi connectivity index (χ4v) is 4.03. The first-order valence-electron chi connectivity index (χ1n) is 9.24. The van der Waals surface area contributed by atoms with Gasteiger partial charge in [-0.05, 0) is 67.8 Å². The molecular formula is C22H23F3N2O2. The molecule has 154 valence electrons. The highest BCUT2D eigenvalue weighted by Gasteiger charge is 2.43. The Kier molecular flexibility index (Phi) is 5.59. The number of anilines is 1. The van der Waals surface area contributed by atoms with Gasteiger partial charge in [0, 0.05) is 29.6 Å². The minimum atomic E-state index is -4.74. The van der Waals surface area contributed by atoms with Gasteiger partial charge in [-0.25, -0.2) is 0 Å². The third-order valence-electron chi connectivity index (χ3n) is 5.19. The number of hydrogen-bond acceptors (Lipinski definition) is 4. The maximum Gasteiger partial charge on any atom is 0.573 e. The second kappa shape index (κ2) is 7.81. The Morgan fingerprint density at radius 1 is 1.14 bits per heavy atom. The summed E-state index contributed by atoms with van der Waals surface area (Å²) in [6.07, 6.45) is -1.31. The molecule has 0 fully saturated rings. The van der Waals surface area contributed by atoms with Gasteiger partial charge in [-0.2, -0.15) is 0 Å². The summed E-state index contributed by atoms with van der Waals surface area (Å²) in [5, 5.41) is 7.61. The molecule has 1 N–H and O–H groups in total. The van der Waals surface area contributed by atoms with Crippen LogP contribution in [0.4, 0.5) is 18.9 Å². The molecule has 1 aliphatic heterocycles. The zero-order valence-corrected chi connectivity index (χ0v) is 16.5. The number of allylic oxidation sites excluding steroid dienone is 2. The van der Waals surface area contributed by atoms with E-state index in [1.54, 1.807) is 25.3 Å². The standard InChI is InChI=1S/C22H23F3N2O2/c1-4-27-19-9-8-16(28-3)13-18(19)21(2,20(27)10-11-26)14-15-6-5-7-17(12-15)29-22(23,24)25/h5-13,26H,4,14H2,1-3H3/b20-10-,26-11?. The van der Waals surface area contributed by atoms with Gasteiger partial charge in [-0.15, -0.1) is 13.2 Å². The van der Waals surface area contributed by atoms with E-state index >= 15 is 0 Å². The molecule has 1 unspecified atom stereocenters. The van der Waals surface area contributed by atoms with E-state index in [1.165, 1.54) is 18.3 Å². The summed E-state index contributed by atoms with van der Waals surface area (Å²) in [6.45, 7) is 4.76. The second-order valence-corrected chi connectivity index (χ2v) is 7.05. The van der Waals surface area contributed by atoms with Crippen molar-refractivity contribution in [3.05, 3.63) is 65.4 Å². The van der Waals surface area contributed by atoms with Gasteiger partial charge in [0.1, 0.15) is 11.5 Å². The van der Waals surface area contributed by atoms with Gasteiger partial charge in [-0.1, -0.05) is 12.1 Å². The van der Waals surface area contributed by atoms with Crippen molar-refractivity contribution < 1.29 is 22.6 Å². The normalized spacial score (nSPS) is 19.9. The zero-order chi connectivity index (χ0) is 21.2. The van der Waals surface area contributed by atoms with Crippen LogP contribution in [0.15, 0.2) is 54.2 Å². The van der Waals surface area contributed by atoms with Crippen molar-refractivity contribution in [2.75, 3.05) is 18.6 Å². The van der Waals surface area contributed by atoms with Crippen molar-refractivity contribution in [2.24, 2.45) is 0 Å². The Labute approximate surface area is 168 Å². The van der Waals surface area contributed by atoms with Gasteiger partial charge in [0.15, 0.2) is 0 Å². The van der Waals surface area contributed by atoms with Crippen molar-refractivity contribution in [3.63, 3.8) is 0 Å². The minimum absolute atomic E-state index is 0.243. The molecular weight excluding hydrogens is 381 g/mol. The quantitative estimate of drug-likeness (QED) is 0.650. The number of alkyl halides is 3. The lowest BCUT2D eigenvalue weighted by molar-refractivity contribution is -0.274. The highest BCUT2D eigenvalue weighted by atomic mass is 19.4. The third kappa shape index (κ3) is 4.09. The van der Waals surface area contributed by atoms with Crippen LogP contribution in [0.25, 0.3) is 0 Å². The van der Waals surface area contributed by atoms with E-state index in [9.17, 15) is 13.2 Å². The second-order valence-electron chi connectivity index (χ2n) is 7.05. The molecule has 1 atom stereocenters. The molecule has 7 heteroatoms. The molecule has 0 bridgehead atoms. The lowest BCUT2D eigenvalue weighted by Crippen LogP contribution is -2.30. The smallest absolute Gasteiger partial charge is 0.497 e. The summed E-state index contributed by atoms with van der Waals surface area (Å²) >= 11 is 0. The van der Waals surface area contributed by atoms with Crippen LogP contribution in [-0.2, 0) is 11.8 Å². The van der Waals surface area contributed by atoms with Crippen LogP contribution in [0, 0.1) is 5.41 Å². The number of rotatable bonds is 6. The fourth-order valence-electron chi connectivity index (χ4n) is 4.03. The Bertz CT molecular complexity index is 940. The van der Waals surface area contributed by atoms with Gasteiger partial charge >= 0.3 is 6.36 Å². The minimum Gasteiger partial charge on any atom is -0.497 e. The van der Waals surface area contributed by atoms with Crippen molar-refractivity contribution in [1.82, 2.24) is 0 Å². The van der Waals surface area contributed by atoms with E-state index in [1.807, 2.05) is 32.0 Å². The first-order chi connectivity index (χ1) is 13.7. The van der Waals surface area contributed by atoms with E-state index in [0.717, 1.165) is 16.9 Å². The van der Waals surface area contributed by atoms with Crippen molar-refractivity contribution in [2.45, 2.75) is 32.0 Å². The van der Waals surface area contributed by atoms with E-state index < -0.39 is 11.8 Å². The topological polar surface area (TPSA) is 45.6 Å². The summed E-state index contributed by atoms with van der Waals surface area (Å²) in [5.74, 6) is 0.462. The molecule has 29 heavy (non-hydrogen) atoms. The van der Waals surface area contributed by atoms with Crippen LogP contribution >= 0.6 is 0 Å². The van der Waals surface area contributed by atoms with Crippen molar-refractivity contribution in [3.8, 4) is 11.5 Å². The highest BCUT2D eigenvalue weighted by Crippen LogP contribution is 2.50. The Morgan fingerprint density at radius 3 is 2.52 bits per heavy atom. The van der Waals surface area contributed by atoms with Crippen LogP contribution in [0.3, 0.4) is 0 Å². The van der Waals surface area contributed by atoms with Crippen LogP contribution in [0.5, 0.6) is 11.5 Å². The molecule has 0 amide bonds. The van der Waals surface area contributed by atoms with Gasteiger partial charge in [0.2, 0.25) is 0 Å². The Balaban J connectivity index is 2.08. The third-order valence-corrected chi connectivity index (χ3v) is 5.19. The summed E-state index contributed by atoms with van der Waals surface area (Å²) < 4.78 is 47.3. The Morgan fingerprint density at radius 2 is 1.90 bits per heavy atom. The largest absolute Gasteiger partial charge is 0.573 e. The maximum absolute atomic E-state index is 12.6. The van der Waals surface area contributed by atoms with E-state index in [2.05, 4.69) is 9.64 Å². The van der Waals surface area contributed by atoms with Gasteiger partial charge in [-0.3, -0.25) is 0 Å². The molecule has 1 heterocycles. The van der Waals surface area contributed by atoms with E-state index in [-0.39, 0.29) is 5.75 Å². The molecule has 0 saturated heterocycles. The molecule has 0 spiro atoms. The number of benzene rings is 2. The first-order valence-corrected chi connectivity index (χ1v) is 9.24. The van der Waals surface area contributed by atoms with Crippen LogP contribution in [0.2, 0.25) is 0 Å². The number of fused-ring (bicyclic) bond motifs is 1. The molecule has 0 saturated carbocycles. The van der Waals surface area contributed by atoms with Crippen LogP contribution in [-0.4, -0.2) is 26.2 Å². The zero-order valence-electron chi connectivity index (χ0n) is 16.5. The lowest BCUT2D eigenvalue weighted by Gasteiger charge is -2.30. The number of ether oxygens (including phenoxy) is 2. The molecule has 2 aromatic carbocycles. The molecule has 1 aliphatic rings. The van der Waals surface area contributed by atoms with Crippen molar-refractivity contribution in [1.29, 1.82) is 5.41 Å². The predicted octanol–water partition coefficient (Wildman–Crippen LogP) is 5.47. The van der Waals surface area contributed by atoms with Gasteiger partial charge in [0.05, 0.1) is 7.11 Å². The highest BCUT2D eigenvalue weighted by molar-refractivity contribution is 5.79. The Hall–Kier alpha value is -2.96. The summed E-state index contributed by atoms with van der Waals surface area (Å²) in [5.41, 5.74) is 3.09. The molecule has 3 rings (SSSR count). The fraction of sp³-hybridized carbons (Fsp3) is 0.318. The molecule has 0 radical (unpaired) electrons. The predicted molar refractivity (Wildman–Crippen MR) is 107 cm³/mol. The lowest BCUT2D eigenvalue weighted by atomic mass is 9.76. The monoisotopic (exact) mass is 404 g/mol. The summed E-state index contributed by atoms with van der Waals surface area (Å²) in [7, 11) is 1.60. The van der Waals surface area contributed by atoms with Crippen LogP contribution in [0.1, 0.15) is 25.0 Å². The average Bonchev–Trinajstić information content (AvgIpc) is 2.88.